The largest absolute Gasteiger partial charge is 0.390 e. The molecule has 0 fully saturated rings. The van der Waals surface area contributed by atoms with Gasteiger partial charge in [0.1, 0.15) is 5.69 Å². The molecule has 3 nitrogen and oxygen atoms in total. The maximum absolute atomic E-state index is 8.82. The summed E-state index contributed by atoms with van der Waals surface area (Å²) in [5.74, 6) is 0. The third kappa shape index (κ3) is 2.16. The lowest BCUT2D eigenvalue weighted by molar-refractivity contribution is 0.274. The normalized spacial score (nSPS) is 10.5. The van der Waals surface area contributed by atoms with E-state index in [4.69, 9.17) is 5.11 Å². The topological polar surface area (TPSA) is 38.0 Å². The van der Waals surface area contributed by atoms with Crippen molar-refractivity contribution in [2.45, 2.75) is 26.5 Å². The van der Waals surface area contributed by atoms with Crippen LogP contribution in [0.25, 0.3) is 0 Å². The number of aliphatic hydroxyl groups is 1. The van der Waals surface area contributed by atoms with E-state index in [-0.39, 0.29) is 6.61 Å². The van der Waals surface area contributed by atoms with Gasteiger partial charge in [-0.2, -0.15) is 5.10 Å². The number of aryl methyl sites for hydroxylation is 1. The average molecular weight is 266 g/mol. The maximum Gasteiger partial charge on any atom is 0.101 e. The Kier molecular flexibility index (Phi) is 3.32. The number of aliphatic hydroxyl groups excluding tert-OH is 1. The SMILES string of the molecule is CCCn1cc(I)c(CO)n1. The molecule has 11 heavy (non-hydrogen) atoms. The van der Waals surface area contributed by atoms with E-state index in [1.807, 2.05) is 10.9 Å². The van der Waals surface area contributed by atoms with E-state index in [9.17, 15) is 0 Å². The van der Waals surface area contributed by atoms with Crippen LogP contribution in [0, 0.1) is 3.57 Å². The number of hydrogen-bond acceptors (Lipinski definition) is 2. The minimum atomic E-state index is 0.0367. The van der Waals surface area contributed by atoms with Crippen molar-refractivity contribution in [2.24, 2.45) is 0 Å². The molecule has 0 spiro atoms. The Morgan fingerprint density at radius 1 is 1.73 bits per heavy atom. The quantitative estimate of drug-likeness (QED) is 0.839. The first kappa shape index (κ1) is 8.99. The Morgan fingerprint density at radius 2 is 2.45 bits per heavy atom. The summed E-state index contributed by atoms with van der Waals surface area (Å²) in [5.41, 5.74) is 0.777. The summed E-state index contributed by atoms with van der Waals surface area (Å²) in [6.07, 6.45) is 3.03. The Labute approximate surface area is 79.6 Å². The van der Waals surface area contributed by atoms with Crippen LogP contribution in [0.3, 0.4) is 0 Å². The second-order valence-corrected chi connectivity index (χ2v) is 3.51. The zero-order valence-corrected chi connectivity index (χ0v) is 8.58. The van der Waals surface area contributed by atoms with Gasteiger partial charge >= 0.3 is 0 Å². The molecule has 1 heterocycles. The van der Waals surface area contributed by atoms with Crippen molar-refractivity contribution >= 4 is 22.6 Å². The van der Waals surface area contributed by atoms with Crippen LogP contribution in [0.1, 0.15) is 19.0 Å². The summed E-state index contributed by atoms with van der Waals surface area (Å²) in [5, 5.41) is 13.0. The molecule has 0 atom stereocenters. The first-order valence-corrected chi connectivity index (χ1v) is 4.68. The van der Waals surface area contributed by atoms with Crippen LogP contribution in [0.4, 0.5) is 0 Å². The van der Waals surface area contributed by atoms with E-state index >= 15 is 0 Å². The molecular formula is C7H11IN2O. The van der Waals surface area contributed by atoms with Crippen LogP contribution in [-0.4, -0.2) is 14.9 Å². The van der Waals surface area contributed by atoms with E-state index in [1.54, 1.807) is 0 Å². The molecule has 4 heteroatoms. The highest BCUT2D eigenvalue weighted by molar-refractivity contribution is 14.1. The average Bonchev–Trinajstić information content (AvgIpc) is 2.32. The molecule has 0 aliphatic carbocycles. The lowest BCUT2D eigenvalue weighted by Gasteiger charge is -1.94. The van der Waals surface area contributed by atoms with Crippen molar-refractivity contribution < 1.29 is 5.11 Å². The third-order valence-electron chi connectivity index (χ3n) is 1.39. The number of hydrogen-bond donors (Lipinski definition) is 1. The van der Waals surface area contributed by atoms with Crippen molar-refractivity contribution in [3.05, 3.63) is 15.5 Å². The van der Waals surface area contributed by atoms with E-state index < -0.39 is 0 Å². The van der Waals surface area contributed by atoms with Gasteiger partial charge in [0.05, 0.1) is 10.2 Å². The van der Waals surface area contributed by atoms with E-state index in [2.05, 4.69) is 34.6 Å². The minimum Gasteiger partial charge on any atom is -0.390 e. The molecule has 0 aliphatic heterocycles. The molecule has 1 N–H and O–H groups in total. The van der Waals surface area contributed by atoms with Gasteiger partial charge in [-0.05, 0) is 29.0 Å². The summed E-state index contributed by atoms with van der Waals surface area (Å²) >= 11 is 2.18. The van der Waals surface area contributed by atoms with Crippen LogP contribution in [0.5, 0.6) is 0 Å². The molecule has 62 valence electrons. The van der Waals surface area contributed by atoms with Crippen LogP contribution in [-0.2, 0) is 13.2 Å². The highest BCUT2D eigenvalue weighted by Gasteiger charge is 2.02. The number of nitrogens with zero attached hydrogens (tertiary/aromatic N) is 2. The van der Waals surface area contributed by atoms with Crippen LogP contribution >= 0.6 is 22.6 Å². The highest BCUT2D eigenvalue weighted by Crippen LogP contribution is 2.09. The molecule has 1 rings (SSSR count). The second-order valence-electron chi connectivity index (χ2n) is 2.34. The fraction of sp³-hybridized carbons (Fsp3) is 0.571. The summed E-state index contributed by atoms with van der Waals surface area (Å²) in [6.45, 7) is 3.07. The first-order chi connectivity index (χ1) is 5.27. The van der Waals surface area contributed by atoms with Crippen LogP contribution in [0.15, 0.2) is 6.20 Å². The standard InChI is InChI=1S/C7H11IN2O/c1-2-3-10-4-6(8)7(5-11)9-10/h4,11H,2-3,5H2,1H3. The summed E-state index contributed by atoms with van der Waals surface area (Å²) < 4.78 is 2.91. The van der Waals surface area contributed by atoms with Gasteiger partial charge in [0.25, 0.3) is 0 Å². The molecular weight excluding hydrogens is 255 g/mol. The first-order valence-electron chi connectivity index (χ1n) is 3.60. The predicted molar refractivity (Wildman–Crippen MR) is 51.2 cm³/mol. The molecule has 1 aromatic rings. The summed E-state index contributed by atoms with van der Waals surface area (Å²) in [4.78, 5) is 0. The molecule has 0 saturated heterocycles. The van der Waals surface area contributed by atoms with Crippen LogP contribution in [0.2, 0.25) is 0 Å². The lowest BCUT2D eigenvalue weighted by atomic mass is 10.5. The van der Waals surface area contributed by atoms with E-state index in [1.165, 1.54) is 0 Å². The van der Waals surface area contributed by atoms with Crippen molar-refractivity contribution in [1.29, 1.82) is 0 Å². The van der Waals surface area contributed by atoms with Gasteiger partial charge in [0, 0.05) is 12.7 Å². The number of rotatable bonds is 3. The monoisotopic (exact) mass is 266 g/mol. The van der Waals surface area contributed by atoms with E-state index in [0.29, 0.717) is 0 Å². The van der Waals surface area contributed by atoms with Crippen molar-refractivity contribution in [3.8, 4) is 0 Å². The molecule has 0 amide bonds. The zero-order valence-electron chi connectivity index (χ0n) is 6.42. The van der Waals surface area contributed by atoms with Gasteiger partial charge in [-0.25, -0.2) is 0 Å². The van der Waals surface area contributed by atoms with Gasteiger partial charge in [0.2, 0.25) is 0 Å². The zero-order chi connectivity index (χ0) is 8.27. The molecule has 0 radical (unpaired) electrons. The van der Waals surface area contributed by atoms with Crippen molar-refractivity contribution in [2.75, 3.05) is 0 Å². The lowest BCUT2D eigenvalue weighted by Crippen LogP contribution is -1.97. The smallest absolute Gasteiger partial charge is 0.101 e. The Morgan fingerprint density at radius 3 is 2.91 bits per heavy atom. The fourth-order valence-corrected chi connectivity index (χ4v) is 1.49. The molecule has 0 aliphatic rings. The molecule has 0 unspecified atom stereocenters. The molecule has 0 saturated carbocycles. The van der Waals surface area contributed by atoms with Gasteiger partial charge in [-0.15, -0.1) is 0 Å². The second kappa shape index (κ2) is 4.06. The predicted octanol–water partition coefficient (Wildman–Crippen LogP) is 1.39. The Hall–Kier alpha value is -0.100. The highest BCUT2D eigenvalue weighted by atomic mass is 127. The van der Waals surface area contributed by atoms with Gasteiger partial charge in [-0.1, -0.05) is 6.92 Å². The summed E-state index contributed by atoms with van der Waals surface area (Å²) in [7, 11) is 0. The molecule has 0 bridgehead atoms. The van der Waals surface area contributed by atoms with Gasteiger partial charge < -0.3 is 5.11 Å². The van der Waals surface area contributed by atoms with Crippen LogP contribution < -0.4 is 0 Å². The van der Waals surface area contributed by atoms with Crippen molar-refractivity contribution in [3.63, 3.8) is 0 Å². The molecule has 1 aromatic heterocycles. The maximum atomic E-state index is 8.82. The van der Waals surface area contributed by atoms with Crippen molar-refractivity contribution in [1.82, 2.24) is 9.78 Å². The number of aromatic nitrogens is 2. The van der Waals surface area contributed by atoms with Gasteiger partial charge in [0.15, 0.2) is 0 Å². The Bertz CT molecular complexity index is 234. The molecule has 0 aromatic carbocycles. The minimum absolute atomic E-state index is 0.0367. The summed E-state index contributed by atoms with van der Waals surface area (Å²) in [6, 6.07) is 0. The van der Waals surface area contributed by atoms with Gasteiger partial charge in [-0.3, -0.25) is 4.68 Å². The number of halogens is 1. The third-order valence-corrected chi connectivity index (χ3v) is 2.29. The Balaban J connectivity index is 2.77. The van der Waals surface area contributed by atoms with E-state index in [0.717, 1.165) is 22.2 Å². The fourth-order valence-electron chi connectivity index (χ4n) is 0.888.